The highest BCUT2D eigenvalue weighted by atomic mass is 19.2. The molecule has 0 saturated heterocycles. The summed E-state index contributed by atoms with van der Waals surface area (Å²) in [5.74, 6) is -1.67. The van der Waals surface area contributed by atoms with Crippen LogP contribution in [0.5, 0.6) is 0 Å². The van der Waals surface area contributed by atoms with Crippen molar-refractivity contribution in [1.29, 1.82) is 0 Å². The Hall–Kier alpha value is -3.35. The lowest BCUT2D eigenvalue weighted by Gasteiger charge is -2.08. The van der Waals surface area contributed by atoms with Crippen LogP contribution in [0.1, 0.15) is 24.6 Å². The van der Waals surface area contributed by atoms with Crippen molar-refractivity contribution in [2.45, 2.75) is 26.2 Å². The van der Waals surface area contributed by atoms with Crippen LogP contribution in [0.2, 0.25) is 0 Å². The minimum Gasteiger partial charge on any atom is -0.326 e. The highest BCUT2D eigenvalue weighted by Crippen LogP contribution is 2.19. The molecule has 0 aliphatic heterocycles. The minimum atomic E-state index is -0.929. The summed E-state index contributed by atoms with van der Waals surface area (Å²) in [5.41, 5.74) is 2.21. The van der Waals surface area contributed by atoms with E-state index in [1.807, 2.05) is 6.92 Å². The van der Waals surface area contributed by atoms with E-state index in [0.717, 1.165) is 12.1 Å². The third-order valence-corrected chi connectivity index (χ3v) is 4.20. The molecule has 0 atom stereocenters. The van der Waals surface area contributed by atoms with E-state index in [-0.39, 0.29) is 24.3 Å². The Kier molecular flexibility index (Phi) is 5.93. The molecular formula is C21H19F2N3O2. The van der Waals surface area contributed by atoms with Gasteiger partial charge in [0.05, 0.1) is 0 Å². The number of nitrogens with zero attached hydrogens (tertiary/aromatic N) is 1. The quantitative estimate of drug-likeness (QED) is 0.679. The predicted molar refractivity (Wildman–Crippen MR) is 103 cm³/mol. The van der Waals surface area contributed by atoms with E-state index in [9.17, 15) is 18.4 Å². The minimum absolute atomic E-state index is 0.121. The van der Waals surface area contributed by atoms with Gasteiger partial charge in [-0.05, 0) is 42.7 Å². The van der Waals surface area contributed by atoms with Gasteiger partial charge in [-0.15, -0.1) is 0 Å². The molecule has 5 nitrogen and oxygen atoms in total. The Morgan fingerprint density at radius 2 is 1.93 bits per heavy atom. The summed E-state index contributed by atoms with van der Waals surface area (Å²) in [4.78, 5) is 31.0. The van der Waals surface area contributed by atoms with Crippen molar-refractivity contribution in [3.63, 3.8) is 0 Å². The van der Waals surface area contributed by atoms with Gasteiger partial charge in [0.25, 0.3) is 5.56 Å². The number of aryl methyl sites for hydroxylation is 2. The second-order valence-electron chi connectivity index (χ2n) is 6.32. The highest BCUT2D eigenvalue weighted by Gasteiger charge is 2.08. The smallest absolute Gasteiger partial charge is 0.251 e. The monoisotopic (exact) mass is 383 g/mol. The molecule has 0 spiro atoms. The first-order valence-electron chi connectivity index (χ1n) is 8.89. The van der Waals surface area contributed by atoms with E-state index in [4.69, 9.17) is 0 Å². The molecule has 0 bridgehead atoms. The van der Waals surface area contributed by atoms with Gasteiger partial charge in [-0.25, -0.2) is 13.8 Å². The predicted octanol–water partition coefficient (Wildman–Crippen LogP) is 3.85. The van der Waals surface area contributed by atoms with Crippen molar-refractivity contribution < 1.29 is 13.6 Å². The van der Waals surface area contributed by atoms with E-state index in [0.29, 0.717) is 34.8 Å². The first kappa shape index (κ1) is 19.4. The van der Waals surface area contributed by atoms with Crippen LogP contribution in [0.25, 0.3) is 11.4 Å². The van der Waals surface area contributed by atoms with Crippen LogP contribution >= 0.6 is 0 Å². The SMILES string of the molecule is CCc1cc(=O)[nH]c(-c2cccc(NC(=O)CCc3ccc(F)c(F)c3)c2)n1. The number of nitrogens with one attached hydrogen (secondary N) is 2. The number of halogens is 2. The second kappa shape index (κ2) is 8.56. The van der Waals surface area contributed by atoms with Crippen LogP contribution in [0.3, 0.4) is 0 Å². The van der Waals surface area contributed by atoms with Gasteiger partial charge in [0.1, 0.15) is 5.82 Å². The number of rotatable bonds is 6. The van der Waals surface area contributed by atoms with Gasteiger partial charge in [-0.1, -0.05) is 25.1 Å². The molecule has 2 N–H and O–H groups in total. The topological polar surface area (TPSA) is 74.8 Å². The molecule has 0 unspecified atom stereocenters. The fourth-order valence-corrected chi connectivity index (χ4v) is 2.75. The van der Waals surface area contributed by atoms with Crippen molar-refractivity contribution in [3.8, 4) is 11.4 Å². The van der Waals surface area contributed by atoms with Gasteiger partial charge in [0.15, 0.2) is 11.6 Å². The summed E-state index contributed by atoms with van der Waals surface area (Å²) >= 11 is 0. The normalized spacial score (nSPS) is 10.7. The largest absolute Gasteiger partial charge is 0.326 e. The average molecular weight is 383 g/mol. The van der Waals surface area contributed by atoms with Gasteiger partial charge >= 0.3 is 0 Å². The number of aromatic nitrogens is 2. The van der Waals surface area contributed by atoms with Crippen molar-refractivity contribution in [2.24, 2.45) is 0 Å². The molecule has 144 valence electrons. The van der Waals surface area contributed by atoms with Gasteiger partial charge in [-0.2, -0.15) is 0 Å². The molecule has 0 radical (unpaired) electrons. The van der Waals surface area contributed by atoms with Crippen molar-refractivity contribution in [3.05, 3.63) is 81.8 Å². The first-order valence-corrected chi connectivity index (χ1v) is 8.89. The standard InChI is InChI=1S/C21H19F2N3O2/c1-2-15-12-20(28)26-21(25-15)14-4-3-5-16(11-14)24-19(27)9-7-13-6-8-17(22)18(23)10-13/h3-6,8,10-12H,2,7,9H2,1H3,(H,24,27)(H,25,26,28). The number of benzene rings is 2. The average Bonchev–Trinajstić information content (AvgIpc) is 2.68. The number of amides is 1. The molecule has 0 fully saturated rings. The third kappa shape index (κ3) is 4.88. The maximum atomic E-state index is 13.2. The summed E-state index contributed by atoms with van der Waals surface area (Å²) in [6.07, 6.45) is 1.04. The molecule has 1 amide bonds. The summed E-state index contributed by atoms with van der Waals surface area (Å²) < 4.78 is 26.2. The lowest BCUT2D eigenvalue weighted by Crippen LogP contribution is -2.13. The molecule has 3 rings (SSSR count). The zero-order chi connectivity index (χ0) is 20.1. The van der Waals surface area contributed by atoms with Gasteiger partial charge in [0.2, 0.25) is 5.91 Å². The summed E-state index contributed by atoms with van der Waals surface area (Å²) in [7, 11) is 0. The van der Waals surface area contributed by atoms with Crippen molar-refractivity contribution in [1.82, 2.24) is 9.97 Å². The molecule has 3 aromatic rings. The molecule has 1 heterocycles. The lowest BCUT2D eigenvalue weighted by molar-refractivity contribution is -0.116. The molecule has 1 aromatic heterocycles. The zero-order valence-electron chi connectivity index (χ0n) is 15.3. The number of H-pyrrole nitrogens is 1. The highest BCUT2D eigenvalue weighted by molar-refractivity contribution is 5.91. The number of aromatic amines is 1. The Balaban J connectivity index is 1.68. The number of carbonyl (C=O) groups is 1. The molecule has 0 saturated carbocycles. The summed E-state index contributed by atoms with van der Waals surface area (Å²) in [6.45, 7) is 1.91. The fourth-order valence-electron chi connectivity index (χ4n) is 2.75. The number of hydrogen-bond donors (Lipinski definition) is 2. The van der Waals surface area contributed by atoms with E-state index in [1.165, 1.54) is 12.1 Å². The molecule has 7 heteroatoms. The molecule has 28 heavy (non-hydrogen) atoms. The van der Waals surface area contributed by atoms with E-state index in [1.54, 1.807) is 24.3 Å². The van der Waals surface area contributed by atoms with Gasteiger partial charge < -0.3 is 10.3 Å². The third-order valence-electron chi connectivity index (χ3n) is 4.20. The fraction of sp³-hybridized carbons (Fsp3) is 0.190. The maximum absolute atomic E-state index is 13.2. The van der Waals surface area contributed by atoms with Crippen LogP contribution in [0, 0.1) is 11.6 Å². The van der Waals surface area contributed by atoms with Gasteiger partial charge in [-0.3, -0.25) is 9.59 Å². The molecular weight excluding hydrogens is 364 g/mol. The summed E-state index contributed by atoms with van der Waals surface area (Å²) in [6, 6.07) is 12.0. The summed E-state index contributed by atoms with van der Waals surface area (Å²) in [5, 5.41) is 2.76. The Morgan fingerprint density at radius 3 is 2.68 bits per heavy atom. The number of anilines is 1. The Bertz CT molecular complexity index is 1060. The first-order chi connectivity index (χ1) is 13.4. The second-order valence-corrected chi connectivity index (χ2v) is 6.32. The van der Waals surface area contributed by atoms with Crippen LogP contribution in [-0.2, 0) is 17.6 Å². The molecule has 0 aliphatic rings. The molecule has 0 aliphatic carbocycles. The van der Waals surface area contributed by atoms with Crippen molar-refractivity contribution >= 4 is 11.6 Å². The Labute approximate surface area is 160 Å². The van der Waals surface area contributed by atoms with Crippen molar-refractivity contribution in [2.75, 3.05) is 5.32 Å². The molecule has 2 aromatic carbocycles. The van der Waals surface area contributed by atoms with Crippen LogP contribution in [0.4, 0.5) is 14.5 Å². The number of carbonyl (C=O) groups excluding carboxylic acids is 1. The lowest BCUT2D eigenvalue weighted by atomic mass is 10.1. The van der Waals surface area contributed by atoms with Crippen LogP contribution < -0.4 is 10.9 Å². The maximum Gasteiger partial charge on any atom is 0.251 e. The van der Waals surface area contributed by atoms with E-state index < -0.39 is 11.6 Å². The van der Waals surface area contributed by atoms with Crippen LogP contribution in [0.15, 0.2) is 53.3 Å². The van der Waals surface area contributed by atoms with Gasteiger partial charge in [0, 0.05) is 29.4 Å². The number of hydrogen-bond acceptors (Lipinski definition) is 3. The van der Waals surface area contributed by atoms with E-state index >= 15 is 0 Å². The Morgan fingerprint density at radius 1 is 1.11 bits per heavy atom. The van der Waals surface area contributed by atoms with Crippen LogP contribution in [-0.4, -0.2) is 15.9 Å². The van der Waals surface area contributed by atoms with E-state index in [2.05, 4.69) is 15.3 Å². The zero-order valence-corrected chi connectivity index (χ0v) is 15.3.